The molecule has 0 spiro atoms. The van der Waals surface area contributed by atoms with Crippen LogP contribution in [0.3, 0.4) is 0 Å². The predicted molar refractivity (Wildman–Crippen MR) is 95.0 cm³/mol. The number of hydrogen-bond acceptors (Lipinski definition) is 6. The number of H-pyrrole nitrogens is 1. The molecule has 1 amide bonds. The fourth-order valence-electron chi connectivity index (χ4n) is 3.04. The van der Waals surface area contributed by atoms with Gasteiger partial charge in [0.2, 0.25) is 0 Å². The number of anilines is 1. The van der Waals surface area contributed by atoms with Crippen molar-refractivity contribution in [3.63, 3.8) is 0 Å². The van der Waals surface area contributed by atoms with Gasteiger partial charge in [0.25, 0.3) is 0 Å². The number of nitrogen functional groups attached to an aromatic ring is 1. The Bertz CT molecular complexity index is 819. The molecule has 2 aromatic heterocycles. The largest absolute Gasteiger partial charge is 0.444 e. The average molecular weight is 357 g/mol. The molecule has 0 bridgehead atoms. The number of nitrogens with two attached hydrogens (primary N) is 1. The van der Waals surface area contributed by atoms with Gasteiger partial charge in [-0.15, -0.1) is 0 Å². The van der Waals surface area contributed by atoms with Crippen LogP contribution in [0.1, 0.15) is 45.2 Å². The molecule has 0 unspecified atom stereocenters. The summed E-state index contributed by atoms with van der Waals surface area (Å²) in [5.41, 5.74) is 7.25. The van der Waals surface area contributed by atoms with Gasteiger partial charge in [0.15, 0.2) is 0 Å². The van der Waals surface area contributed by atoms with E-state index in [2.05, 4.69) is 21.4 Å². The van der Waals surface area contributed by atoms with Gasteiger partial charge in [-0.05, 0) is 33.6 Å². The van der Waals surface area contributed by atoms with Crippen molar-refractivity contribution in [3.05, 3.63) is 18.0 Å². The second kappa shape index (κ2) is 6.71. The number of carbonyl (C=O) groups excluding carboxylic acids is 1. The van der Waals surface area contributed by atoms with Gasteiger partial charge >= 0.3 is 6.09 Å². The minimum absolute atomic E-state index is 0.0291. The summed E-state index contributed by atoms with van der Waals surface area (Å²) in [4.78, 5) is 13.9. The summed E-state index contributed by atoms with van der Waals surface area (Å²) in [6.45, 7) is 6.67. The van der Waals surface area contributed by atoms with Gasteiger partial charge in [0, 0.05) is 24.8 Å². The summed E-state index contributed by atoms with van der Waals surface area (Å²) in [5, 5.41) is 20.6. The summed E-state index contributed by atoms with van der Waals surface area (Å²) in [5.74, 6) is 0.347. The molecule has 26 heavy (non-hydrogen) atoms. The number of nitrogens with zero attached hydrogens (tertiary/aromatic N) is 5. The SMILES string of the molecule is CC(C)(C)OC(=O)N1CCC(n2nc(-c3cn[nH]c3)c(C#N)c2N)CC1. The number of amides is 1. The minimum atomic E-state index is -0.512. The minimum Gasteiger partial charge on any atom is -0.444 e. The maximum atomic E-state index is 12.2. The number of ether oxygens (including phenoxy) is 1. The van der Waals surface area contributed by atoms with E-state index in [1.807, 2.05) is 20.8 Å². The Morgan fingerprint density at radius 3 is 2.65 bits per heavy atom. The van der Waals surface area contributed by atoms with Gasteiger partial charge in [-0.3, -0.25) is 5.10 Å². The van der Waals surface area contributed by atoms with Gasteiger partial charge in [-0.2, -0.15) is 15.5 Å². The number of piperidine rings is 1. The van der Waals surface area contributed by atoms with Crippen LogP contribution in [0.15, 0.2) is 12.4 Å². The summed E-state index contributed by atoms with van der Waals surface area (Å²) in [6.07, 6.45) is 4.37. The Hall–Kier alpha value is -3.02. The molecule has 1 saturated heterocycles. The molecule has 0 saturated carbocycles. The lowest BCUT2D eigenvalue weighted by Crippen LogP contribution is -2.42. The van der Waals surface area contributed by atoms with Crippen LogP contribution >= 0.6 is 0 Å². The first-order chi connectivity index (χ1) is 12.3. The smallest absolute Gasteiger partial charge is 0.410 e. The molecule has 0 atom stereocenters. The average Bonchev–Trinajstić information content (AvgIpc) is 3.21. The van der Waals surface area contributed by atoms with E-state index in [1.165, 1.54) is 0 Å². The van der Waals surface area contributed by atoms with Crippen molar-refractivity contribution in [2.75, 3.05) is 18.8 Å². The Morgan fingerprint density at radius 2 is 2.12 bits per heavy atom. The second-order valence-electron chi connectivity index (χ2n) is 7.35. The van der Waals surface area contributed by atoms with E-state index in [-0.39, 0.29) is 12.1 Å². The van der Waals surface area contributed by atoms with Crippen LogP contribution in [-0.2, 0) is 4.74 Å². The molecular formula is C17H23N7O2. The molecule has 1 aliphatic rings. The predicted octanol–water partition coefficient (Wildman–Crippen LogP) is 2.30. The van der Waals surface area contributed by atoms with Gasteiger partial charge < -0.3 is 15.4 Å². The lowest BCUT2D eigenvalue weighted by molar-refractivity contribution is 0.0185. The van der Waals surface area contributed by atoms with Gasteiger partial charge in [-0.1, -0.05) is 0 Å². The molecule has 3 N–H and O–H groups in total. The number of nitriles is 1. The number of carbonyl (C=O) groups is 1. The molecule has 0 aliphatic carbocycles. The lowest BCUT2D eigenvalue weighted by Gasteiger charge is -2.33. The zero-order chi connectivity index (χ0) is 18.9. The quantitative estimate of drug-likeness (QED) is 0.849. The van der Waals surface area contributed by atoms with E-state index in [9.17, 15) is 10.1 Å². The molecule has 3 heterocycles. The molecule has 1 fully saturated rings. The summed E-state index contributed by atoms with van der Waals surface area (Å²) in [6, 6.07) is 2.16. The van der Waals surface area contributed by atoms with Crippen LogP contribution in [0.5, 0.6) is 0 Å². The number of nitrogens with one attached hydrogen (secondary N) is 1. The molecule has 1 aliphatic heterocycles. The second-order valence-corrected chi connectivity index (χ2v) is 7.35. The third-order valence-corrected chi connectivity index (χ3v) is 4.29. The van der Waals surface area contributed by atoms with Crippen LogP contribution in [0, 0.1) is 11.3 Å². The number of likely N-dealkylation sites (tertiary alicyclic amines) is 1. The fraction of sp³-hybridized carbons (Fsp3) is 0.529. The van der Waals surface area contributed by atoms with Gasteiger partial charge in [-0.25, -0.2) is 9.48 Å². The third-order valence-electron chi connectivity index (χ3n) is 4.29. The van der Waals surface area contributed by atoms with Crippen molar-refractivity contribution in [2.45, 2.75) is 45.3 Å². The Balaban J connectivity index is 1.74. The van der Waals surface area contributed by atoms with E-state index in [0.29, 0.717) is 43.0 Å². The van der Waals surface area contributed by atoms with Crippen LogP contribution in [0.4, 0.5) is 10.6 Å². The zero-order valence-corrected chi connectivity index (χ0v) is 15.2. The van der Waals surface area contributed by atoms with Crippen molar-refractivity contribution in [1.82, 2.24) is 24.9 Å². The number of aromatic amines is 1. The summed E-state index contributed by atoms with van der Waals surface area (Å²) in [7, 11) is 0. The normalized spacial score (nSPS) is 15.7. The highest BCUT2D eigenvalue weighted by Gasteiger charge is 2.30. The van der Waals surface area contributed by atoms with E-state index in [0.717, 1.165) is 5.56 Å². The molecule has 9 heteroatoms. The highest BCUT2D eigenvalue weighted by molar-refractivity contribution is 5.71. The Morgan fingerprint density at radius 1 is 1.42 bits per heavy atom. The number of hydrogen-bond donors (Lipinski definition) is 2. The summed E-state index contributed by atoms with van der Waals surface area (Å²) < 4.78 is 7.12. The highest BCUT2D eigenvalue weighted by Crippen LogP contribution is 2.32. The monoisotopic (exact) mass is 357 g/mol. The molecule has 0 aromatic carbocycles. The van der Waals surface area contributed by atoms with Crippen molar-refractivity contribution < 1.29 is 9.53 Å². The third kappa shape index (κ3) is 3.49. The van der Waals surface area contributed by atoms with Crippen molar-refractivity contribution in [3.8, 4) is 17.3 Å². The standard InChI is InChI=1S/C17H23N7O2/c1-17(2,3)26-16(25)23-6-4-12(5-7-23)24-15(19)13(8-18)14(22-24)11-9-20-21-10-11/h9-10,12H,4-7,19H2,1-3H3,(H,20,21). The van der Waals surface area contributed by atoms with Crippen LogP contribution in [-0.4, -0.2) is 49.7 Å². The topological polar surface area (TPSA) is 126 Å². The van der Waals surface area contributed by atoms with Gasteiger partial charge in [0.05, 0.1) is 12.2 Å². The van der Waals surface area contributed by atoms with Crippen LogP contribution in [0.25, 0.3) is 11.3 Å². The first-order valence-corrected chi connectivity index (χ1v) is 8.55. The molecule has 9 nitrogen and oxygen atoms in total. The maximum Gasteiger partial charge on any atom is 0.410 e. The zero-order valence-electron chi connectivity index (χ0n) is 15.2. The maximum absolute atomic E-state index is 12.2. The Labute approximate surface area is 151 Å². The molecule has 138 valence electrons. The molecule has 0 radical (unpaired) electrons. The highest BCUT2D eigenvalue weighted by atomic mass is 16.6. The lowest BCUT2D eigenvalue weighted by atomic mass is 10.1. The van der Waals surface area contributed by atoms with Gasteiger partial charge in [0.1, 0.15) is 28.7 Å². The molecule has 2 aromatic rings. The molecular weight excluding hydrogens is 334 g/mol. The van der Waals surface area contributed by atoms with Crippen LogP contribution in [0.2, 0.25) is 0 Å². The van der Waals surface area contributed by atoms with Crippen molar-refractivity contribution in [2.24, 2.45) is 0 Å². The van der Waals surface area contributed by atoms with E-state index in [4.69, 9.17) is 10.5 Å². The number of rotatable bonds is 2. The summed E-state index contributed by atoms with van der Waals surface area (Å²) >= 11 is 0. The van der Waals surface area contributed by atoms with E-state index < -0.39 is 5.60 Å². The van der Waals surface area contributed by atoms with Crippen molar-refractivity contribution in [1.29, 1.82) is 5.26 Å². The number of aromatic nitrogens is 4. The van der Waals surface area contributed by atoms with Crippen molar-refractivity contribution >= 4 is 11.9 Å². The first-order valence-electron chi connectivity index (χ1n) is 8.55. The molecule has 3 rings (SSSR count). The fourth-order valence-corrected chi connectivity index (χ4v) is 3.04. The van der Waals surface area contributed by atoms with E-state index >= 15 is 0 Å². The van der Waals surface area contributed by atoms with E-state index in [1.54, 1.807) is 22.0 Å². The first kappa shape index (κ1) is 17.8. The van der Waals surface area contributed by atoms with Crippen LogP contribution < -0.4 is 5.73 Å². The Kier molecular flexibility index (Phi) is 4.59.